The molecule has 1 heterocycles. The fourth-order valence-corrected chi connectivity index (χ4v) is 3.97. The highest BCUT2D eigenvalue weighted by atomic mass is 16.4. The normalized spacial score (nSPS) is 15.9. The summed E-state index contributed by atoms with van der Waals surface area (Å²) < 4.78 is 0. The van der Waals surface area contributed by atoms with E-state index in [1.807, 2.05) is 0 Å². The van der Waals surface area contributed by atoms with Crippen molar-refractivity contribution in [3.05, 3.63) is 64.2 Å². The molecule has 7 heteroatoms. The average molecular weight is 417 g/mol. The second-order valence-corrected chi connectivity index (χ2v) is 7.69. The summed E-state index contributed by atoms with van der Waals surface area (Å²) in [6, 6.07) is 7.97. The first kappa shape index (κ1) is 20.4. The monoisotopic (exact) mass is 417 g/mol. The Bertz CT molecular complexity index is 1150. The third-order valence-corrected chi connectivity index (χ3v) is 5.58. The molecule has 2 amide bonds. The summed E-state index contributed by atoms with van der Waals surface area (Å²) in [6.07, 6.45) is 5.69. The molecule has 2 N–H and O–H groups in total. The summed E-state index contributed by atoms with van der Waals surface area (Å²) in [4.78, 5) is 49.4. The first-order valence-electron chi connectivity index (χ1n) is 10.0. The van der Waals surface area contributed by atoms with Gasteiger partial charge < -0.3 is 10.2 Å². The van der Waals surface area contributed by atoms with Gasteiger partial charge in [-0.05, 0) is 49.2 Å². The zero-order valence-electron chi connectivity index (χ0n) is 16.6. The second-order valence-electron chi connectivity index (χ2n) is 7.69. The number of benzene rings is 2. The van der Waals surface area contributed by atoms with Crippen molar-refractivity contribution < 1.29 is 29.4 Å². The average Bonchev–Trinajstić information content (AvgIpc) is 3.02. The molecule has 2 aromatic carbocycles. The van der Waals surface area contributed by atoms with Gasteiger partial charge in [0.05, 0.1) is 27.9 Å². The van der Waals surface area contributed by atoms with Crippen LogP contribution in [0.25, 0.3) is 0 Å². The minimum absolute atomic E-state index is 0.0988. The van der Waals surface area contributed by atoms with E-state index in [0.29, 0.717) is 11.5 Å². The molecular formula is C24H19NO6. The molecule has 7 nitrogen and oxygen atoms in total. The van der Waals surface area contributed by atoms with Gasteiger partial charge in [-0.3, -0.25) is 9.59 Å². The maximum atomic E-state index is 13.0. The number of carbonyl (C=O) groups excluding carboxylic acids is 2. The summed E-state index contributed by atoms with van der Waals surface area (Å²) in [6.45, 7) is 0. The van der Waals surface area contributed by atoms with Crippen LogP contribution in [0.5, 0.6) is 0 Å². The highest BCUT2D eigenvalue weighted by molar-refractivity contribution is 6.34. The number of carboxylic acids is 2. The lowest BCUT2D eigenvalue weighted by molar-refractivity contribution is 0.0695. The highest BCUT2D eigenvalue weighted by Crippen LogP contribution is 2.31. The Balaban J connectivity index is 1.68. The smallest absolute Gasteiger partial charge is 0.335 e. The van der Waals surface area contributed by atoms with Gasteiger partial charge in [0.25, 0.3) is 11.8 Å². The fourth-order valence-electron chi connectivity index (χ4n) is 3.97. The van der Waals surface area contributed by atoms with E-state index in [2.05, 4.69) is 11.8 Å². The molecule has 0 unspecified atom stereocenters. The van der Waals surface area contributed by atoms with Crippen LogP contribution in [0.3, 0.4) is 0 Å². The molecule has 1 saturated carbocycles. The van der Waals surface area contributed by atoms with E-state index in [9.17, 15) is 29.4 Å². The Kier molecular flexibility index (Phi) is 5.30. The van der Waals surface area contributed by atoms with Crippen LogP contribution in [0.2, 0.25) is 0 Å². The molecule has 4 rings (SSSR count). The van der Waals surface area contributed by atoms with E-state index in [4.69, 9.17) is 0 Å². The highest BCUT2D eigenvalue weighted by Gasteiger charge is 2.37. The van der Waals surface area contributed by atoms with Crippen molar-refractivity contribution >= 4 is 29.4 Å². The van der Waals surface area contributed by atoms with Crippen molar-refractivity contribution in [3.63, 3.8) is 0 Å². The molecule has 0 aromatic heterocycles. The van der Waals surface area contributed by atoms with Gasteiger partial charge in [0.15, 0.2) is 0 Å². The van der Waals surface area contributed by atoms with Gasteiger partial charge in [0.2, 0.25) is 0 Å². The van der Waals surface area contributed by atoms with Crippen LogP contribution in [-0.2, 0) is 0 Å². The van der Waals surface area contributed by atoms with Crippen LogP contribution in [0.4, 0.5) is 5.69 Å². The summed E-state index contributed by atoms with van der Waals surface area (Å²) in [7, 11) is 0. The summed E-state index contributed by atoms with van der Waals surface area (Å²) in [5, 5.41) is 18.5. The van der Waals surface area contributed by atoms with E-state index in [1.54, 1.807) is 12.1 Å². The molecule has 1 fully saturated rings. The van der Waals surface area contributed by atoms with E-state index in [0.717, 1.165) is 35.9 Å². The summed E-state index contributed by atoms with van der Waals surface area (Å²) >= 11 is 0. The lowest BCUT2D eigenvalue weighted by atomic mass is 9.89. The number of anilines is 1. The van der Waals surface area contributed by atoms with E-state index < -0.39 is 23.8 Å². The Labute approximate surface area is 178 Å². The molecule has 0 atom stereocenters. The zero-order chi connectivity index (χ0) is 22.1. The topological polar surface area (TPSA) is 112 Å². The van der Waals surface area contributed by atoms with E-state index in [1.165, 1.54) is 25.3 Å². The van der Waals surface area contributed by atoms with Gasteiger partial charge in [-0.1, -0.05) is 31.1 Å². The van der Waals surface area contributed by atoms with Crippen LogP contribution in [0, 0.1) is 17.8 Å². The maximum Gasteiger partial charge on any atom is 0.335 e. The lowest BCUT2D eigenvalue weighted by Crippen LogP contribution is -2.29. The van der Waals surface area contributed by atoms with Gasteiger partial charge in [0, 0.05) is 11.5 Å². The molecule has 0 saturated heterocycles. The van der Waals surface area contributed by atoms with Crippen molar-refractivity contribution in [2.24, 2.45) is 5.92 Å². The largest absolute Gasteiger partial charge is 0.478 e. The molecule has 0 bridgehead atoms. The number of carbonyl (C=O) groups is 4. The Morgan fingerprint density at radius 2 is 1.45 bits per heavy atom. The first-order chi connectivity index (χ1) is 14.8. The van der Waals surface area contributed by atoms with E-state index in [-0.39, 0.29) is 27.9 Å². The van der Waals surface area contributed by atoms with Crippen LogP contribution in [-0.4, -0.2) is 34.0 Å². The number of carboxylic acid groups (broad SMARTS) is 2. The molecule has 156 valence electrons. The summed E-state index contributed by atoms with van der Waals surface area (Å²) in [5.41, 5.74) is 0.205. The number of rotatable bonds is 3. The van der Waals surface area contributed by atoms with Crippen LogP contribution < -0.4 is 4.90 Å². The number of fused-ring (bicyclic) bond motifs is 1. The third-order valence-electron chi connectivity index (χ3n) is 5.58. The van der Waals surface area contributed by atoms with E-state index >= 15 is 0 Å². The number of hydrogen-bond donors (Lipinski definition) is 2. The van der Waals surface area contributed by atoms with Crippen molar-refractivity contribution in [1.82, 2.24) is 0 Å². The Hall–Kier alpha value is -3.92. The predicted octanol–water partition coefficient (Wildman–Crippen LogP) is 3.82. The quantitative estimate of drug-likeness (QED) is 0.580. The fraction of sp³-hybridized carbons (Fsp3) is 0.250. The SMILES string of the molecule is O=C(O)c1cc(C(=O)O)cc(N2C(=O)c3ccc(C#CC4CCCCC4)cc3C2=O)c1. The molecule has 31 heavy (non-hydrogen) atoms. The molecule has 1 aliphatic carbocycles. The Morgan fingerprint density at radius 3 is 2.06 bits per heavy atom. The van der Waals surface area contributed by atoms with Gasteiger partial charge in [-0.15, -0.1) is 0 Å². The van der Waals surface area contributed by atoms with Gasteiger partial charge in [-0.25, -0.2) is 14.5 Å². The number of imide groups is 1. The minimum Gasteiger partial charge on any atom is -0.478 e. The summed E-state index contributed by atoms with van der Waals surface area (Å²) in [5.74, 6) is 2.69. The number of nitrogens with zero attached hydrogens (tertiary/aromatic N) is 1. The lowest BCUT2D eigenvalue weighted by Gasteiger charge is -2.15. The van der Waals surface area contributed by atoms with Crippen LogP contribution in [0.15, 0.2) is 36.4 Å². The Morgan fingerprint density at radius 1 is 0.839 bits per heavy atom. The molecular weight excluding hydrogens is 398 g/mol. The maximum absolute atomic E-state index is 13.0. The van der Waals surface area contributed by atoms with Gasteiger partial charge >= 0.3 is 11.9 Å². The van der Waals surface area contributed by atoms with Gasteiger partial charge in [-0.2, -0.15) is 0 Å². The third kappa shape index (κ3) is 3.92. The minimum atomic E-state index is -1.36. The molecule has 2 aromatic rings. The first-order valence-corrected chi connectivity index (χ1v) is 10.0. The molecule has 0 spiro atoms. The molecule has 1 aliphatic heterocycles. The number of amides is 2. The van der Waals surface area contributed by atoms with Crippen molar-refractivity contribution in [1.29, 1.82) is 0 Å². The zero-order valence-corrected chi connectivity index (χ0v) is 16.6. The van der Waals surface area contributed by atoms with Crippen molar-refractivity contribution in [2.45, 2.75) is 32.1 Å². The second kappa shape index (κ2) is 8.07. The number of hydrogen-bond acceptors (Lipinski definition) is 4. The predicted molar refractivity (Wildman–Crippen MR) is 111 cm³/mol. The van der Waals surface area contributed by atoms with Gasteiger partial charge in [0.1, 0.15) is 0 Å². The van der Waals surface area contributed by atoms with Crippen LogP contribution in [0.1, 0.15) is 79.1 Å². The van der Waals surface area contributed by atoms with Crippen LogP contribution >= 0.6 is 0 Å². The molecule has 2 aliphatic rings. The van der Waals surface area contributed by atoms with Crippen molar-refractivity contribution in [2.75, 3.05) is 4.90 Å². The van der Waals surface area contributed by atoms with Crippen molar-refractivity contribution in [3.8, 4) is 11.8 Å². The standard InChI is InChI=1S/C24H19NO6/c26-21-19-9-8-15(7-6-14-4-2-1-3-5-14)10-20(19)22(27)25(21)18-12-16(23(28)29)11-17(13-18)24(30)31/h8-14H,1-5H2,(H,28,29)(H,30,31). The molecule has 0 radical (unpaired) electrons. The number of aromatic carboxylic acids is 2.